The largest absolute Gasteiger partial charge is 0.505 e. The van der Waals surface area contributed by atoms with Crippen molar-refractivity contribution in [3.05, 3.63) is 78.9 Å². The van der Waals surface area contributed by atoms with Crippen LogP contribution >= 0.6 is 50.7 Å². The van der Waals surface area contributed by atoms with Crippen LogP contribution < -0.4 is 14.8 Å². The van der Waals surface area contributed by atoms with Gasteiger partial charge in [-0.2, -0.15) is 0 Å². The Hall–Kier alpha value is -1.86. The molecule has 0 aromatic heterocycles. The van der Waals surface area contributed by atoms with Crippen molar-refractivity contribution in [1.29, 1.82) is 0 Å². The van der Waals surface area contributed by atoms with E-state index in [1.807, 2.05) is 6.07 Å². The lowest BCUT2D eigenvalue weighted by molar-refractivity contribution is 0.281. The number of phenols is 1. The summed E-state index contributed by atoms with van der Waals surface area (Å²) >= 11 is 21.6. The molecule has 3 aromatic rings. The number of ether oxygens (including phenoxy) is 2. The minimum absolute atomic E-state index is 0.121. The van der Waals surface area contributed by atoms with Gasteiger partial charge in [0.1, 0.15) is 12.4 Å². The molecule has 0 saturated heterocycles. The van der Waals surface area contributed by atoms with E-state index in [4.69, 9.17) is 44.3 Å². The van der Waals surface area contributed by atoms with Crippen LogP contribution in [0, 0.1) is 5.82 Å². The first-order valence-corrected chi connectivity index (χ1v) is 10.6. The SMILES string of the molecule is COc1ccc(Br)c(CNc2cc(Cl)c(O)c(Cl)c2)c1OCc1ccc(F)cc1Cl. The second-order valence-corrected chi connectivity index (χ2v) is 8.30. The lowest BCUT2D eigenvalue weighted by atomic mass is 10.1. The highest BCUT2D eigenvalue weighted by Crippen LogP contribution is 2.39. The Labute approximate surface area is 196 Å². The maximum absolute atomic E-state index is 13.3. The Morgan fingerprint density at radius 2 is 1.73 bits per heavy atom. The Morgan fingerprint density at radius 1 is 1.03 bits per heavy atom. The van der Waals surface area contributed by atoms with Gasteiger partial charge in [0, 0.05) is 27.8 Å². The molecule has 0 aliphatic carbocycles. The molecule has 0 fully saturated rings. The Balaban J connectivity index is 1.86. The predicted molar refractivity (Wildman–Crippen MR) is 122 cm³/mol. The van der Waals surface area contributed by atoms with Gasteiger partial charge in [-0.3, -0.25) is 0 Å². The van der Waals surface area contributed by atoms with Crippen molar-refractivity contribution in [1.82, 2.24) is 0 Å². The van der Waals surface area contributed by atoms with Crippen molar-refractivity contribution in [3.8, 4) is 17.2 Å². The molecule has 0 bridgehead atoms. The van der Waals surface area contributed by atoms with Crippen LogP contribution in [0.5, 0.6) is 17.2 Å². The van der Waals surface area contributed by atoms with Crippen LogP contribution in [0.4, 0.5) is 10.1 Å². The van der Waals surface area contributed by atoms with E-state index in [0.29, 0.717) is 29.3 Å². The minimum atomic E-state index is -0.417. The molecule has 2 N–H and O–H groups in total. The highest BCUT2D eigenvalue weighted by molar-refractivity contribution is 9.10. The monoisotopic (exact) mass is 533 g/mol. The summed E-state index contributed by atoms with van der Waals surface area (Å²) in [6.07, 6.45) is 0. The van der Waals surface area contributed by atoms with Crippen molar-refractivity contribution in [2.45, 2.75) is 13.2 Å². The molecule has 0 aliphatic rings. The van der Waals surface area contributed by atoms with Gasteiger partial charge in [-0.05, 0) is 36.4 Å². The van der Waals surface area contributed by atoms with Gasteiger partial charge in [-0.1, -0.05) is 56.8 Å². The lowest BCUT2D eigenvalue weighted by Gasteiger charge is -2.18. The van der Waals surface area contributed by atoms with E-state index < -0.39 is 5.82 Å². The molecule has 0 aliphatic heterocycles. The van der Waals surface area contributed by atoms with Crippen molar-refractivity contribution >= 4 is 56.4 Å². The van der Waals surface area contributed by atoms with Crippen LogP contribution in [0.1, 0.15) is 11.1 Å². The average Bonchev–Trinajstić information content (AvgIpc) is 2.70. The molecule has 158 valence electrons. The topological polar surface area (TPSA) is 50.7 Å². The van der Waals surface area contributed by atoms with Gasteiger partial charge in [0.15, 0.2) is 17.2 Å². The highest BCUT2D eigenvalue weighted by Gasteiger charge is 2.16. The normalized spacial score (nSPS) is 10.7. The van der Waals surface area contributed by atoms with Gasteiger partial charge < -0.3 is 19.9 Å². The molecule has 0 spiro atoms. The summed E-state index contributed by atoms with van der Waals surface area (Å²) in [6, 6.07) is 10.9. The lowest BCUT2D eigenvalue weighted by Crippen LogP contribution is -2.06. The number of methoxy groups -OCH3 is 1. The van der Waals surface area contributed by atoms with Gasteiger partial charge in [0.05, 0.1) is 22.2 Å². The summed E-state index contributed by atoms with van der Waals surface area (Å²) in [5.41, 5.74) is 2.02. The Morgan fingerprint density at radius 3 is 2.37 bits per heavy atom. The summed E-state index contributed by atoms with van der Waals surface area (Å²) in [4.78, 5) is 0. The van der Waals surface area contributed by atoms with Crippen molar-refractivity contribution in [3.63, 3.8) is 0 Å². The molecule has 9 heteroatoms. The molecular formula is C21H16BrCl3FNO3. The van der Waals surface area contributed by atoms with E-state index in [9.17, 15) is 9.50 Å². The summed E-state index contributed by atoms with van der Waals surface area (Å²) in [5, 5.41) is 13.5. The smallest absolute Gasteiger partial charge is 0.167 e. The summed E-state index contributed by atoms with van der Waals surface area (Å²) < 4.78 is 25.5. The van der Waals surface area contributed by atoms with Gasteiger partial charge in [0.2, 0.25) is 0 Å². The van der Waals surface area contributed by atoms with Crippen molar-refractivity contribution < 1.29 is 19.0 Å². The number of phenolic OH excluding ortho intramolecular Hbond substituents is 1. The van der Waals surface area contributed by atoms with E-state index in [-0.39, 0.29) is 27.4 Å². The fraction of sp³-hybridized carbons (Fsp3) is 0.143. The van der Waals surface area contributed by atoms with Gasteiger partial charge in [-0.25, -0.2) is 4.39 Å². The summed E-state index contributed by atoms with van der Waals surface area (Å²) in [6.45, 7) is 0.456. The third-order valence-corrected chi connectivity index (χ3v) is 5.93. The van der Waals surface area contributed by atoms with E-state index in [2.05, 4.69) is 21.2 Å². The van der Waals surface area contributed by atoms with Crippen LogP contribution in [0.2, 0.25) is 15.1 Å². The molecule has 4 nitrogen and oxygen atoms in total. The maximum Gasteiger partial charge on any atom is 0.167 e. The molecular weight excluding hydrogens is 519 g/mol. The van der Waals surface area contributed by atoms with Crippen molar-refractivity contribution in [2.24, 2.45) is 0 Å². The highest BCUT2D eigenvalue weighted by atomic mass is 79.9. The van der Waals surface area contributed by atoms with E-state index in [1.165, 1.54) is 19.2 Å². The molecule has 0 heterocycles. The number of halogens is 5. The molecule has 0 atom stereocenters. The van der Waals surface area contributed by atoms with E-state index >= 15 is 0 Å². The molecule has 30 heavy (non-hydrogen) atoms. The third kappa shape index (κ3) is 5.24. The molecule has 0 radical (unpaired) electrons. The first-order chi connectivity index (χ1) is 14.3. The number of nitrogens with one attached hydrogen (secondary N) is 1. The van der Waals surface area contributed by atoms with Gasteiger partial charge >= 0.3 is 0 Å². The summed E-state index contributed by atoms with van der Waals surface area (Å²) in [5.74, 6) is 0.428. The first kappa shape index (κ1) is 22.8. The fourth-order valence-electron chi connectivity index (χ4n) is 2.71. The molecule has 3 rings (SSSR count). The second-order valence-electron chi connectivity index (χ2n) is 6.22. The van der Waals surface area contributed by atoms with Gasteiger partial charge in [0.25, 0.3) is 0 Å². The van der Waals surface area contributed by atoms with Crippen LogP contribution in [0.3, 0.4) is 0 Å². The van der Waals surface area contributed by atoms with E-state index in [1.54, 1.807) is 24.3 Å². The number of anilines is 1. The second kappa shape index (κ2) is 9.96. The van der Waals surface area contributed by atoms with Crippen LogP contribution in [0.25, 0.3) is 0 Å². The zero-order valence-electron chi connectivity index (χ0n) is 15.6. The van der Waals surface area contributed by atoms with Gasteiger partial charge in [-0.15, -0.1) is 0 Å². The predicted octanol–water partition coefficient (Wildman–Crippen LogP) is 7.45. The molecule has 0 amide bonds. The molecule has 0 saturated carbocycles. The standard InChI is InChI=1S/C21H16BrCl3FNO3/c1-29-19-5-4-15(22)14(9-27-13-7-17(24)20(28)18(25)8-13)21(19)30-10-11-2-3-12(26)6-16(11)23/h2-8,27-28H,9-10H2,1H3. The zero-order valence-corrected chi connectivity index (χ0v) is 19.5. The number of benzene rings is 3. The van der Waals surface area contributed by atoms with Crippen LogP contribution in [0.15, 0.2) is 46.9 Å². The Kier molecular flexibility index (Phi) is 7.58. The third-order valence-electron chi connectivity index (χ3n) is 4.26. The van der Waals surface area contributed by atoms with Crippen LogP contribution in [-0.2, 0) is 13.2 Å². The molecule has 3 aromatic carbocycles. The zero-order chi connectivity index (χ0) is 21.8. The fourth-order valence-corrected chi connectivity index (χ4v) is 3.87. The Bertz CT molecular complexity index is 1060. The minimum Gasteiger partial charge on any atom is -0.505 e. The number of hydrogen-bond acceptors (Lipinski definition) is 4. The molecule has 0 unspecified atom stereocenters. The number of aromatic hydroxyl groups is 1. The van der Waals surface area contributed by atoms with Crippen molar-refractivity contribution in [2.75, 3.05) is 12.4 Å². The quantitative estimate of drug-likeness (QED) is 0.309. The maximum atomic E-state index is 13.3. The number of rotatable bonds is 7. The van der Waals surface area contributed by atoms with Crippen LogP contribution in [-0.4, -0.2) is 12.2 Å². The first-order valence-electron chi connectivity index (χ1n) is 8.64. The average molecular weight is 536 g/mol. The van der Waals surface area contributed by atoms with E-state index in [0.717, 1.165) is 10.0 Å². The summed E-state index contributed by atoms with van der Waals surface area (Å²) in [7, 11) is 1.54. The number of hydrogen-bond donors (Lipinski definition) is 2.